The van der Waals surface area contributed by atoms with Crippen molar-refractivity contribution in [3.63, 3.8) is 0 Å². The van der Waals surface area contributed by atoms with Crippen molar-refractivity contribution in [3.05, 3.63) is 12.2 Å². The van der Waals surface area contributed by atoms with Crippen LogP contribution in [0.1, 0.15) is 33.1 Å². The second-order valence-electron chi connectivity index (χ2n) is 6.06. The normalized spacial score (nSPS) is 17.3. The second kappa shape index (κ2) is 7.93. The van der Waals surface area contributed by atoms with Crippen LogP contribution in [0.2, 0.25) is 0 Å². The lowest BCUT2D eigenvalue weighted by Gasteiger charge is -2.34. The summed E-state index contributed by atoms with van der Waals surface area (Å²) in [6.07, 6.45) is 3.11. The first kappa shape index (κ1) is 18.2. The van der Waals surface area contributed by atoms with E-state index in [0.29, 0.717) is 19.2 Å². The van der Waals surface area contributed by atoms with Crippen LogP contribution < -0.4 is 0 Å². The first-order valence-electron chi connectivity index (χ1n) is 7.28. The molecular formula is C15H23NO6. The Morgan fingerprint density at radius 1 is 1.18 bits per heavy atom. The third-order valence-corrected chi connectivity index (χ3v) is 3.59. The highest BCUT2D eigenvalue weighted by molar-refractivity contribution is 5.90. The van der Waals surface area contributed by atoms with Crippen LogP contribution in [0.15, 0.2) is 12.2 Å². The summed E-state index contributed by atoms with van der Waals surface area (Å²) in [7, 11) is 0. The minimum Gasteiger partial charge on any atom is -0.478 e. The molecule has 124 valence electrons. The predicted octanol–water partition coefficient (Wildman–Crippen LogP) is 0.570. The third kappa shape index (κ3) is 5.48. The van der Waals surface area contributed by atoms with Gasteiger partial charge in [-0.25, -0.2) is 9.59 Å². The number of carboxylic acids is 1. The van der Waals surface area contributed by atoms with Gasteiger partial charge in [-0.15, -0.1) is 0 Å². The molecule has 1 atom stereocenters. The lowest BCUT2D eigenvalue weighted by atomic mass is 9.86. The maximum Gasteiger partial charge on any atom is 0.331 e. The van der Waals surface area contributed by atoms with Gasteiger partial charge in [-0.3, -0.25) is 4.79 Å². The average molecular weight is 313 g/mol. The van der Waals surface area contributed by atoms with Crippen molar-refractivity contribution in [2.45, 2.75) is 39.2 Å². The molecule has 7 heteroatoms. The molecule has 0 aromatic rings. The first-order chi connectivity index (χ1) is 10.2. The van der Waals surface area contributed by atoms with Crippen molar-refractivity contribution in [3.8, 4) is 0 Å². The number of aliphatic hydroxyl groups excluding tert-OH is 1. The van der Waals surface area contributed by atoms with Gasteiger partial charge >= 0.3 is 11.9 Å². The van der Waals surface area contributed by atoms with Crippen molar-refractivity contribution in [1.82, 2.24) is 4.90 Å². The fourth-order valence-electron chi connectivity index (χ4n) is 2.15. The Balaban J connectivity index is 2.54. The number of aliphatic carboxylic acids is 1. The lowest BCUT2D eigenvalue weighted by Crippen LogP contribution is -2.49. The molecule has 1 saturated heterocycles. The van der Waals surface area contributed by atoms with E-state index >= 15 is 0 Å². The molecule has 2 N–H and O–H groups in total. The molecule has 0 unspecified atom stereocenters. The number of amides is 1. The van der Waals surface area contributed by atoms with Gasteiger partial charge in [0.2, 0.25) is 0 Å². The van der Waals surface area contributed by atoms with Crippen molar-refractivity contribution >= 4 is 17.8 Å². The summed E-state index contributed by atoms with van der Waals surface area (Å²) in [5, 5.41) is 18.6. The number of nitrogens with zero attached hydrogens (tertiary/aromatic N) is 1. The van der Waals surface area contributed by atoms with Crippen LogP contribution in [-0.4, -0.2) is 58.8 Å². The Kier molecular flexibility index (Phi) is 6.55. The van der Waals surface area contributed by atoms with E-state index in [9.17, 15) is 19.5 Å². The van der Waals surface area contributed by atoms with E-state index in [4.69, 9.17) is 9.84 Å². The fraction of sp³-hybridized carbons (Fsp3) is 0.667. The van der Waals surface area contributed by atoms with Gasteiger partial charge < -0.3 is 19.8 Å². The summed E-state index contributed by atoms with van der Waals surface area (Å²) in [5.74, 6) is -2.44. The van der Waals surface area contributed by atoms with Crippen LogP contribution in [0, 0.1) is 5.41 Å². The zero-order valence-electron chi connectivity index (χ0n) is 12.9. The van der Waals surface area contributed by atoms with Crippen molar-refractivity contribution in [2.24, 2.45) is 5.41 Å². The number of carboxylic acid groups (broad SMARTS) is 1. The van der Waals surface area contributed by atoms with Gasteiger partial charge in [-0.05, 0) is 19.3 Å². The van der Waals surface area contributed by atoms with E-state index in [0.717, 1.165) is 25.3 Å². The SMILES string of the molecule is CC(C)(COC(=O)/C=C/C(=O)O)[C@@H](O)C(=O)N1CCCCC1. The zero-order chi connectivity index (χ0) is 16.8. The second-order valence-corrected chi connectivity index (χ2v) is 6.06. The molecule has 0 aromatic heterocycles. The Labute approximate surface area is 129 Å². The molecule has 0 saturated carbocycles. The minimum atomic E-state index is -1.28. The smallest absolute Gasteiger partial charge is 0.331 e. The van der Waals surface area contributed by atoms with Crippen LogP contribution in [0.4, 0.5) is 0 Å². The van der Waals surface area contributed by atoms with Gasteiger partial charge in [0.15, 0.2) is 0 Å². The van der Waals surface area contributed by atoms with Crippen LogP contribution in [0.3, 0.4) is 0 Å². The van der Waals surface area contributed by atoms with Crippen molar-refractivity contribution < 1.29 is 29.3 Å². The molecule has 1 heterocycles. The molecule has 0 spiro atoms. The van der Waals surface area contributed by atoms with Gasteiger partial charge in [0.25, 0.3) is 5.91 Å². The Morgan fingerprint density at radius 3 is 2.32 bits per heavy atom. The van der Waals surface area contributed by atoms with Gasteiger partial charge in [0, 0.05) is 30.7 Å². The molecular weight excluding hydrogens is 290 g/mol. The Morgan fingerprint density at radius 2 is 1.77 bits per heavy atom. The summed E-state index contributed by atoms with van der Waals surface area (Å²) < 4.78 is 4.90. The van der Waals surface area contributed by atoms with Crippen molar-refractivity contribution in [2.75, 3.05) is 19.7 Å². The Hall–Kier alpha value is -1.89. The summed E-state index contributed by atoms with van der Waals surface area (Å²) in [4.78, 5) is 35.5. The van der Waals surface area contributed by atoms with Crippen LogP contribution >= 0.6 is 0 Å². The number of likely N-dealkylation sites (tertiary alicyclic amines) is 1. The third-order valence-electron chi connectivity index (χ3n) is 3.59. The maximum absolute atomic E-state index is 12.2. The molecule has 1 rings (SSSR count). The number of rotatable bonds is 6. The van der Waals surface area contributed by atoms with Crippen LogP contribution in [0.5, 0.6) is 0 Å². The molecule has 1 aliphatic heterocycles. The summed E-state index contributed by atoms with van der Waals surface area (Å²) >= 11 is 0. The van der Waals surface area contributed by atoms with Gasteiger partial charge in [-0.1, -0.05) is 13.8 Å². The predicted molar refractivity (Wildman–Crippen MR) is 78.0 cm³/mol. The molecule has 0 bridgehead atoms. The number of esters is 1. The molecule has 0 aliphatic carbocycles. The summed E-state index contributed by atoms with van der Waals surface area (Å²) in [6, 6.07) is 0. The maximum atomic E-state index is 12.2. The van der Waals surface area contributed by atoms with E-state index < -0.39 is 23.5 Å². The number of ether oxygens (including phenoxy) is 1. The number of carbonyl (C=O) groups excluding carboxylic acids is 2. The topological polar surface area (TPSA) is 104 Å². The highest BCUT2D eigenvalue weighted by Crippen LogP contribution is 2.24. The molecule has 7 nitrogen and oxygen atoms in total. The van der Waals surface area contributed by atoms with E-state index in [-0.39, 0.29) is 12.5 Å². The number of hydrogen-bond donors (Lipinski definition) is 2. The van der Waals surface area contributed by atoms with Gasteiger partial charge in [-0.2, -0.15) is 0 Å². The van der Waals surface area contributed by atoms with Crippen LogP contribution in [-0.2, 0) is 19.1 Å². The highest BCUT2D eigenvalue weighted by Gasteiger charge is 2.37. The molecule has 1 aliphatic rings. The van der Waals surface area contributed by atoms with Gasteiger partial charge in [0.1, 0.15) is 6.10 Å². The number of hydrogen-bond acceptors (Lipinski definition) is 5. The van der Waals surface area contributed by atoms with E-state index in [1.165, 1.54) is 0 Å². The monoisotopic (exact) mass is 313 g/mol. The van der Waals surface area contributed by atoms with E-state index in [1.54, 1.807) is 18.7 Å². The molecule has 1 fully saturated rings. The first-order valence-corrected chi connectivity index (χ1v) is 7.28. The zero-order valence-corrected chi connectivity index (χ0v) is 12.9. The van der Waals surface area contributed by atoms with Crippen molar-refractivity contribution in [1.29, 1.82) is 0 Å². The van der Waals surface area contributed by atoms with Crippen LogP contribution in [0.25, 0.3) is 0 Å². The summed E-state index contributed by atoms with van der Waals surface area (Å²) in [5.41, 5.74) is -0.957. The van der Waals surface area contributed by atoms with Gasteiger partial charge in [0.05, 0.1) is 6.61 Å². The number of piperidine rings is 1. The Bertz CT molecular complexity index is 451. The largest absolute Gasteiger partial charge is 0.478 e. The fourth-order valence-corrected chi connectivity index (χ4v) is 2.15. The quantitative estimate of drug-likeness (QED) is 0.549. The lowest BCUT2D eigenvalue weighted by molar-refractivity contribution is -0.155. The molecule has 1 amide bonds. The molecule has 0 radical (unpaired) electrons. The average Bonchev–Trinajstić information content (AvgIpc) is 2.50. The molecule has 0 aromatic carbocycles. The van der Waals surface area contributed by atoms with E-state index in [2.05, 4.69) is 0 Å². The number of carbonyl (C=O) groups is 3. The summed E-state index contributed by atoms with van der Waals surface area (Å²) in [6.45, 7) is 4.32. The number of aliphatic hydroxyl groups is 1. The van der Waals surface area contributed by atoms with E-state index in [1.807, 2.05) is 0 Å². The standard InChI is InChI=1S/C15H23NO6/c1-15(2,10-22-12(19)7-6-11(17)18)13(20)14(21)16-8-4-3-5-9-16/h6-7,13,20H,3-5,8-10H2,1-2H3,(H,17,18)/b7-6+/t13-/m0/s1. The highest BCUT2D eigenvalue weighted by atomic mass is 16.5. The minimum absolute atomic E-state index is 0.184. The molecule has 22 heavy (non-hydrogen) atoms.